The zero-order valence-electron chi connectivity index (χ0n) is 12.1. The molecule has 0 unspecified atom stereocenters. The van der Waals surface area contributed by atoms with Crippen LogP contribution >= 0.6 is 0 Å². The van der Waals surface area contributed by atoms with Crippen molar-refractivity contribution in [1.82, 2.24) is 9.55 Å². The van der Waals surface area contributed by atoms with Gasteiger partial charge in [-0.15, -0.1) is 0 Å². The van der Waals surface area contributed by atoms with Gasteiger partial charge in [0.2, 0.25) is 0 Å². The minimum atomic E-state index is 0.896. The summed E-state index contributed by atoms with van der Waals surface area (Å²) in [5.74, 6) is 1.06. The second kappa shape index (κ2) is 5.78. The van der Waals surface area contributed by atoms with Crippen LogP contribution in [0.15, 0.2) is 30.6 Å². The Bertz CT molecular complexity index is 543. The first-order valence-corrected chi connectivity index (χ1v) is 6.57. The lowest BCUT2D eigenvalue weighted by molar-refractivity contribution is 0.701. The van der Waals surface area contributed by atoms with E-state index in [2.05, 4.69) is 59.0 Å². The zero-order chi connectivity index (χ0) is 13.8. The first-order chi connectivity index (χ1) is 9.08. The summed E-state index contributed by atoms with van der Waals surface area (Å²) in [6, 6.07) is 6.47. The Balaban J connectivity index is 1.96. The molecule has 2 aromatic rings. The maximum atomic E-state index is 4.22. The van der Waals surface area contributed by atoms with E-state index in [9.17, 15) is 0 Å². The summed E-state index contributed by atoms with van der Waals surface area (Å²) in [7, 11) is 4.14. The first-order valence-electron chi connectivity index (χ1n) is 6.57. The number of aryl methyl sites for hydroxylation is 2. The molecule has 102 valence electrons. The lowest BCUT2D eigenvalue weighted by Crippen LogP contribution is -2.13. The molecule has 0 saturated heterocycles. The highest BCUT2D eigenvalue weighted by Gasteiger charge is 2.02. The second-order valence-electron chi connectivity index (χ2n) is 4.99. The average Bonchev–Trinajstić information content (AvgIpc) is 2.77. The standard InChI is InChI=1S/C15H22N4/c1-12-5-6-14(11-15(12)18(3)4)17-8-10-19-9-7-16-13(19)2/h5-7,9,11,17H,8,10H2,1-4H3. The topological polar surface area (TPSA) is 33.1 Å². The molecule has 1 aromatic carbocycles. The molecule has 0 aliphatic rings. The monoisotopic (exact) mass is 258 g/mol. The maximum absolute atomic E-state index is 4.22. The lowest BCUT2D eigenvalue weighted by Gasteiger charge is -2.17. The minimum Gasteiger partial charge on any atom is -0.383 e. The van der Waals surface area contributed by atoms with Crippen LogP contribution < -0.4 is 10.2 Å². The molecule has 4 nitrogen and oxygen atoms in total. The third-order valence-corrected chi connectivity index (χ3v) is 3.30. The van der Waals surface area contributed by atoms with E-state index >= 15 is 0 Å². The van der Waals surface area contributed by atoms with E-state index in [1.165, 1.54) is 11.3 Å². The van der Waals surface area contributed by atoms with Crippen LogP contribution in [0.25, 0.3) is 0 Å². The Hall–Kier alpha value is -1.97. The van der Waals surface area contributed by atoms with Crippen LogP contribution in [0.1, 0.15) is 11.4 Å². The fourth-order valence-electron chi connectivity index (χ4n) is 2.16. The van der Waals surface area contributed by atoms with E-state index in [1.807, 2.05) is 19.3 Å². The van der Waals surface area contributed by atoms with E-state index in [0.717, 1.165) is 24.6 Å². The molecule has 1 heterocycles. The molecule has 0 bridgehead atoms. The SMILES string of the molecule is Cc1ccc(NCCn2ccnc2C)cc1N(C)C. The quantitative estimate of drug-likeness (QED) is 0.895. The van der Waals surface area contributed by atoms with Gasteiger partial charge in [-0.05, 0) is 31.5 Å². The van der Waals surface area contributed by atoms with Crippen molar-refractivity contribution in [2.45, 2.75) is 20.4 Å². The molecule has 1 N–H and O–H groups in total. The Morgan fingerprint density at radius 1 is 1.26 bits per heavy atom. The van der Waals surface area contributed by atoms with Gasteiger partial charge in [-0.3, -0.25) is 0 Å². The Labute approximate surface area is 115 Å². The van der Waals surface area contributed by atoms with Crippen molar-refractivity contribution < 1.29 is 0 Å². The van der Waals surface area contributed by atoms with E-state index in [0.29, 0.717) is 0 Å². The zero-order valence-corrected chi connectivity index (χ0v) is 12.1. The van der Waals surface area contributed by atoms with Gasteiger partial charge in [0, 0.05) is 51.0 Å². The summed E-state index contributed by atoms with van der Waals surface area (Å²) in [5, 5.41) is 3.46. The van der Waals surface area contributed by atoms with Gasteiger partial charge >= 0.3 is 0 Å². The van der Waals surface area contributed by atoms with Crippen molar-refractivity contribution in [2.75, 3.05) is 30.9 Å². The van der Waals surface area contributed by atoms with Crippen LogP contribution in [0.5, 0.6) is 0 Å². The summed E-state index contributed by atoms with van der Waals surface area (Å²) >= 11 is 0. The predicted octanol–water partition coefficient (Wildman–Crippen LogP) is 2.68. The molecule has 1 aromatic heterocycles. The Morgan fingerprint density at radius 3 is 2.68 bits per heavy atom. The number of aromatic nitrogens is 2. The number of hydrogen-bond donors (Lipinski definition) is 1. The maximum Gasteiger partial charge on any atom is 0.105 e. The third kappa shape index (κ3) is 3.28. The van der Waals surface area contributed by atoms with Crippen molar-refractivity contribution in [3.05, 3.63) is 42.0 Å². The molecular weight excluding hydrogens is 236 g/mol. The molecule has 0 aliphatic heterocycles. The molecule has 0 spiro atoms. The molecule has 19 heavy (non-hydrogen) atoms. The molecule has 0 radical (unpaired) electrons. The normalized spacial score (nSPS) is 10.5. The molecule has 0 fully saturated rings. The fraction of sp³-hybridized carbons (Fsp3) is 0.400. The molecule has 2 rings (SSSR count). The van der Waals surface area contributed by atoms with E-state index in [-0.39, 0.29) is 0 Å². The number of imidazole rings is 1. The van der Waals surface area contributed by atoms with Gasteiger partial charge in [0.1, 0.15) is 5.82 Å². The third-order valence-electron chi connectivity index (χ3n) is 3.30. The summed E-state index contributed by atoms with van der Waals surface area (Å²) in [6.45, 7) is 5.98. The number of nitrogens with zero attached hydrogens (tertiary/aromatic N) is 3. The second-order valence-corrected chi connectivity index (χ2v) is 4.99. The largest absolute Gasteiger partial charge is 0.383 e. The molecule has 0 amide bonds. The van der Waals surface area contributed by atoms with Crippen molar-refractivity contribution in [3.8, 4) is 0 Å². The van der Waals surface area contributed by atoms with Gasteiger partial charge < -0.3 is 14.8 Å². The van der Waals surface area contributed by atoms with Crippen molar-refractivity contribution in [1.29, 1.82) is 0 Å². The number of anilines is 2. The number of hydrogen-bond acceptors (Lipinski definition) is 3. The number of rotatable bonds is 5. The van der Waals surface area contributed by atoms with Crippen LogP contribution in [0, 0.1) is 13.8 Å². The number of nitrogens with one attached hydrogen (secondary N) is 1. The van der Waals surface area contributed by atoms with E-state index < -0.39 is 0 Å². The van der Waals surface area contributed by atoms with Crippen LogP contribution in [0.4, 0.5) is 11.4 Å². The van der Waals surface area contributed by atoms with Crippen molar-refractivity contribution >= 4 is 11.4 Å². The molecule has 0 saturated carbocycles. The van der Waals surface area contributed by atoms with Gasteiger partial charge in [0.25, 0.3) is 0 Å². The first kappa shape index (κ1) is 13.5. The van der Waals surface area contributed by atoms with E-state index in [1.54, 1.807) is 0 Å². The van der Waals surface area contributed by atoms with E-state index in [4.69, 9.17) is 0 Å². The Kier molecular flexibility index (Phi) is 4.10. The fourth-order valence-corrected chi connectivity index (χ4v) is 2.16. The highest BCUT2D eigenvalue weighted by molar-refractivity contribution is 5.61. The van der Waals surface area contributed by atoms with Gasteiger partial charge in [-0.1, -0.05) is 6.07 Å². The van der Waals surface area contributed by atoms with Crippen LogP contribution in [-0.4, -0.2) is 30.2 Å². The minimum absolute atomic E-state index is 0.896. The van der Waals surface area contributed by atoms with Crippen LogP contribution in [0.2, 0.25) is 0 Å². The molecule has 0 aliphatic carbocycles. The van der Waals surface area contributed by atoms with Crippen LogP contribution in [0.3, 0.4) is 0 Å². The lowest BCUT2D eigenvalue weighted by atomic mass is 10.1. The summed E-state index contributed by atoms with van der Waals surface area (Å²) in [5.41, 5.74) is 3.71. The van der Waals surface area contributed by atoms with Crippen LogP contribution in [-0.2, 0) is 6.54 Å². The van der Waals surface area contributed by atoms with Gasteiger partial charge in [-0.25, -0.2) is 4.98 Å². The summed E-state index contributed by atoms with van der Waals surface area (Å²) < 4.78 is 2.15. The number of benzene rings is 1. The summed E-state index contributed by atoms with van der Waals surface area (Å²) in [6.07, 6.45) is 3.85. The highest BCUT2D eigenvalue weighted by Crippen LogP contribution is 2.22. The molecule has 4 heteroatoms. The van der Waals surface area contributed by atoms with Gasteiger partial charge in [0.15, 0.2) is 0 Å². The van der Waals surface area contributed by atoms with Gasteiger partial charge in [0.05, 0.1) is 0 Å². The average molecular weight is 258 g/mol. The van der Waals surface area contributed by atoms with Crippen molar-refractivity contribution in [3.63, 3.8) is 0 Å². The predicted molar refractivity (Wildman–Crippen MR) is 81.0 cm³/mol. The summed E-state index contributed by atoms with van der Waals surface area (Å²) in [4.78, 5) is 6.36. The Morgan fingerprint density at radius 2 is 2.05 bits per heavy atom. The molecular formula is C15H22N4. The smallest absolute Gasteiger partial charge is 0.105 e. The molecule has 0 atom stereocenters. The van der Waals surface area contributed by atoms with Gasteiger partial charge in [-0.2, -0.15) is 0 Å². The van der Waals surface area contributed by atoms with Crippen molar-refractivity contribution in [2.24, 2.45) is 0 Å². The highest BCUT2D eigenvalue weighted by atomic mass is 15.1.